The molecule has 3 fully saturated rings. The number of pyridine rings is 1. The van der Waals surface area contributed by atoms with Crippen molar-refractivity contribution in [3.63, 3.8) is 0 Å². The monoisotopic (exact) mass is 348 g/mol. The van der Waals surface area contributed by atoms with Gasteiger partial charge < -0.3 is 14.7 Å². The van der Waals surface area contributed by atoms with Crippen LogP contribution in [0.1, 0.15) is 12.8 Å². The molecule has 2 bridgehead atoms. The second kappa shape index (κ2) is 7.42. The maximum absolute atomic E-state index is 12.7. The maximum atomic E-state index is 12.7. The van der Waals surface area contributed by atoms with Crippen molar-refractivity contribution >= 4 is 23.7 Å². The third-order valence-corrected chi connectivity index (χ3v) is 5.70. The summed E-state index contributed by atoms with van der Waals surface area (Å²) in [6.07, 6.45) is 5.58. The molecule has 130 valence electrons. The molecule has 7 heteroatoms. The van der Waals surface area contributed by atoms with Crippen molar-refractivity contribution in [3.05, 3.63) is 24.5 Å². The molecule has 4 rings (SSSR count). The molecule has 1 aromatic rings. The van der Waals surface area contributed by atoms with E-state index in [2.05, 4.69) is 4.98 Å². The first-order valence-electron chi connectivity index (χ1n) is 8.33. The molecular weight excluding hydrogens is 324 g/mol. The summed E-state index contributed by atoms with van der Waals surface area (Å²) in [4.78, 5) is 35.6. The maximum Gasteiger partial charge on any atom is 0.319 e. The van der Waals surface area contributed by atoms with Gasteiger partial charge in [0.05, 0.1) is 5.75 Å². The van der Waals surface area contributed by atoms with Gasteiger partial charge in [0.25, 0.3) is 0 Å². The highest BCUT2D eigenvalue weighted by Crippen LogP contribution is 2.29. The molecule has 3 aliphatic heterocycles. The van der Waals surface area contributed by atoms with Crippen molar-refractivity contribution in [2.45, 2.75) is 23.8 Å². The van der Waals surface area contributed by atoms with E-state index in [4.69, 9.17) is 0 Å². The summed E-state index contributed by atoms with van der Waals surface area (Å²) in [5.74, 6) is 1.00. The molecule has 0 aromatic carbocycles. The normalized spacial score (nSPS) is 23.1. The second-order valence-electron chi connectivity index (χ2n) is 6.70. The Labute approximate surface area is 147 Å². The lowest BCUT2D eigenvalue weighted by Gasteiger charge is -2.36. The van der Waals surface area contributed by atoms with Gasteiger partial charge in [-0.05, 0) is 30.9 Å². The van der Waals surface area contributed by atoms with E-state index in [1.54, 1.807) is 43.2 Å². The number of hydrogen-bond donors (Lipinski definition) is 0. The molecule has 2 atom stereocenters. The fourth-order valence-electron chi connectivity index (χ4n) is 3.49. The number of fused-ring (bicyclic) bond motifs is 4. The van der Waals surface area contributed by atoms with Crippen LogP contribution in [0.2, 0.25) is 0 Å². The highest BCUT2D eigenvalue weighted by molar-refractivity contribution is 8.00. The number of hydrogen-bond acceptors (Lipinski definition) is 4. The van der Waals surface area contributed by atoms with E-state index in [0.717, 1.165) is 30.8 Å². The van der Waals surface area contributed by atoms with E-state index in [0.29, 0.717) is 18.2 Å². The highest BCUT2D eigenvalue weighted by Gasteiger charge is 2.38. The third-order valence-electron chi connectivity index (χ3n) is 4.70. The van der Waals surface area contributed by atoms with Crippen molar-refractivity contribution < 1.29 is 9.59 Å². The number of piperidine rings is 1. The number of nitrogens with zero attached hydrogens (tertiary/aromatic N) is 4. The van der Waals surface area contributed by atoms with E-state index in [1.807, 2.05) is 21.9 Å². The number of carbonyl (C=O) groups excluding carboxylic acids is 2. The van der Waals surface area contributed by atoms with Crippen molar-refractivity contribution in [1.29, 1.82) is 0 Å². The van der Waals surface area contributed by atoms with E-state index < -0.39 is 0 Å². The number of thioether (sulfide) groups is 1. The van der Waals surface area contributed by atoms with Gasteiger partial charge in [0.1, 0.15) is 0 Å². The fourth-order valence-corrected chi connectivity index (χ4v) is 4.26. The molecule has 24 heavy (non-hydrogen) atoms. The minimum Gasteiger partial charge on any atom is -0.337 e. The molecule has 4 heterocycles. The highest BCUT2D eigenvalue weighted by atomic mass is 32.2. The molecule has 3 saturated heterocycles. The predicted molar refractivity (Wildman–Crippen MR) is 93.8 cm³/mol. The van der Waals surface area contributed by atoms with E-state index in [1.165, 1.54) is 0 Å². The van der Waals surface area contributed by atoms with E-state index in [-0.39, 0.29) is 18.0 Å². The van der Waals surface area contributed by atoms with Crippen LogP contribution in [0.15, 0.2) is 29.4 Å². The summed E-state index contributed by atoms with van der Waals surface area (Å²) in [6, 6.07) is 4.04. The van der Waals surface area contributed by atoms with E-state index >= 15 is 0 Å². The summed E-state index contributed by atoms with van der Waals surface area (Å²) < 4.78 is 0. The number of urea groups is 1. The smallest absolute Gasteiger partial charge is 0.319 e. The largest absolute Gasteiger partial charge is 0.337 e. The Morgan fingerprint density at radius 2 is 1.96 bits per heavy atom. The summed E-state index contributed by atoms with van der Waals surface area (Å²) in [5, 5.41) is 0. The van der Waals surface area contributed by atoms with Gasteiger partial charge in [-0.2, -0.15) is 0 Å². The van der Waals surface area contributed by atoms with Crippen molar-refractivity contribution in [2.75, 3.05) is 39.5 Å². The van der Waals surface area contributed by atoms with Gasteiger partial charge >= 0.3 is 6.03 Å². The average molecular weight is 348 g/mol. The van der Waals surface area contributed by atoms with Crippen LogP contribution in [-0.4, -0.2) is 77.1 Å². The van der Waals surface area contributed by atoms with Crippen LogP contribution in [0.3, 0.4) is 0 Å². The first kappa shape index (κ1) is 17.1. The van der Waals surface area contributed by atoms with Crippen molar-refractivity contribution in [1.82, 2.24) is 19.7 Å². The van der Waals surface area contributed by atoms with Gasteiger partial charge in [0, 0.05) is 57.1 Å². The first-order valence-corrected chi connectivity index (χ1v) is 9.31. The van der Waals surface area contributed by atoms with Gasteiger partial charge in [0.15, 0.2) is 0 Å². The van der Waals surface area contributed by atoms with Crippen LogP contribution in [-0.2, 0) is 4.79 Å². The molecule has 1 aromatic heterocycles. The quantitative estimate of drug-likeness (QED) is 0.782. The third kappa shape index (κ3) is 3.83. The summed E-state index contributed by atoms with van der Waals surface area (Å²) in [5.41, 5.74) is 0. The topological polar surface area (TPSA) is 56.8 Å². The number of carbonyl (C=O) groups is 2. The van der Waals surface area contributed by atoms with E-state index in [9.17, 15) is 9.59 Å². The Bertz CT molecular complexity index is 596. The Kier molecular flexibility index (Phi) is 5.28. The lowest BCUT2D eigenvalue weighted by atomic mass is 9.95. The molecule has 0 radical (unpaired) electrons. The van der Waals surface area contributed by atoms with Crippen LogP contribution in [0, 0.1) is 5.92 Å². The molecule has 0 N–H and O–H groups in total. The minimum absolute atomic E-state index is 0.0485. The predicted octanol–water partition coefficient (Wildman–Crippen LogP) is 1.78. The molecule has 3 aliphatic rings. The zero-order chi connectivity index (χ0) is 17.1. The van der Waals surface area contributed by atoms with Crippen LogP contribution in [0.25, 0.3) is 0 Å². The lowest BCUT2D eigenvalue weighted by molar-refractivity contribution is -0.132. The Morgan fingerprint density at radius 3 is 2.67 bits per heavy atom. The summed E-state index contributed by atoms with van der Waals surface area (Å²) >= 11 is 1.55. The van der Waals surface area contributed by atoms with Crippen LogP contribution in [0.4, 0.5) is 4.79 Å². The molecular formula is C17H24N4O2S. The van der Waals surface area contributed by atoms with Gasteiger partial charge in [-0.1, -0.05) is 0 Å². The number of rotatable bonds is 3. The van der Waals surface area contributed by atoms with Gasteiger partial charge in [-0.15, -0.1) is 11.8 Å². The van der Waals surface area contributed by atoms with Gasteiger partial charge in [-0.25, -0.2) is 4.79 Å². The van der Waals surface area contributed by atoms with Crippen LogP contribution >= 0.6 is 11.8 Å². The summed E-state index contributed by atoms with van der Waals surface area (Å²) in [7, 11) is 3.56. The Balaban J connectivity index is 1.62. The van der Waals surface area contributed by atoms with Crippen molar-refractivity contribution in [2.24, 2.45) is 5.92 Å². The van der Waals surface area contributed by atoms with Crippen LogP contribution in [0.5, 0.6) is 0 Å². The zero-order valence-electron chi connectivity index (χ0n) is 14.2. The average Bonchev–Trinajstić information content (AvgIpc) is 2.91. The lowest BCUT2D eigenvalue weighted by Crippen LogP contribution is -2.49. The van der Waals surface area contributed by atoms with Crippen molar-refractivity contribution in [3.8, 4) is 0 Å². The number of amides is 3. The standard InChI is InChI=1S/C17H24N4O2S/c1-19(2)17(23)20-9-13-3-4-14(11-20)21(10-13)16(22)12-24-15-5-7-18-8-6-15/h5-8,13-14H,3-4,9-12H2,1-2H3/t13-,14+/m0/s1. The van der Waals surface area contributed by atoms with Gasteiger partial charge in [0.2, 0.25) is 5.91 Å². The first-order chi connectivity index (χ1) is 11.5. The fraction of sp³-hybridized carbons (Fsp3) is 0.588. The minimum atomic E-state index is 0.0485. The Morgan fingerprint density at radius 1 is 1.21 bits per heavy atom. The number of aromatic nitrogens is 1. The molecule has 0 unspecified atom stereocenters. The molecule has 3 amide bonds. The van der Waals surface area contributed by atoms with Gasteiger partial charge in [-0.3, -0.25) is 9.78 Å². The Hall–Kier alpha value is -1.76. The molecule has 0 saturated carbocycles. The second-order valence-corrected chi connectivity index (χ2v) is 7.75. The summed E-state index contributed by atoms with van der Waals surface area (Å²) in [6.45, 7) is 2.19. The van der Waals surface area contributed by atoms with Crippen LogP contribution < -0.4 is 0 Å². The zero-order valence-corrected chi connectivity index (χ0v) is 15.0. The molecule has 0 spiro atoms. The molecule has 6 nitrogen and oxygen atoms in total. The molecule has 0 aliphatic carbocycles. The SMILES string of the molecule is CN(C)C(=O)N1C[C@@H]2CC[C@H](C1)N(C(=O)CSc1ccncc1)C2.